The predicted molar refractivity (Wildman–Crippen MR) is 118 cm³/mol. The molecular weight excluding hydrogens is 385 g/mol. The van der Waals surface area contributed by atoms with Crippen molar-refractivity contribution in [2.24, 2.45) is 0 Å². The zero-order valence-corrected chi connectivity index (χ0v) is 17.4. The molecule has 0 saturated carbocycles. The summed E-state index contributed by atoms with van der Waals surface area (Å²) >= 11 is 0. The predicted octanol–water partition coefficient (Wildman–Crippen LogP) is 4.01. The monoisotopic (exact) mass is 411 g/mol. The molecule has 0 bridgehead atoms. The van der Waals surface area contributed by atoms with E-state index >= 15 is 0 Å². The van der Waals surface area contributed by atoms with E-state index in [2.05, 4.69) is 16.7 Å². The molecule has 0 amide bonds. The average molecular weight is 412 g/mol. The van der Waals surface area contributed by atoms with Crippen molar-refractivity contribution < 1.29 is 9.84 Å². The lowest BCUT2D eigenvalue weighted by Crippen LogP contribution is -2.36. The highest BCUT2D eigenvalue weighted by Gasteiger charge is 2.12. The molecule has 5 nitrogen and oxygen atoms in total. The maximum Gasteiger partial charge on any atom is 0.119 e. The molecule has 0 atom stereocenters. The molecule has 0 aliphatic carbocycles. The molecule has 1 aromatic heterocycles. The van der Waals surface area contributed by atoms with Gasteiger partial charge >= 0.3 is 0 Å². The smallest absolute Gasteiger partial charge is 0.119 e. The standard InChI is InChI=1S/C20H25N3O2.2ClH/c1-20(2,24)13-21-10-11-22-19-15-6-4-5-7-17(15)23-18-9-8-14(25-3)12-16(18)19;;/h4-9,12,21,24H,10-11,13H2,1-3H3,(H,22,23);2*1H. The fourth-order valence-electron chi connectivity index (χ4n) is 2.86. The molecule has 27 heavy (non-hydrogen) atoms. The van der Waals surface area contributed by atoms with E-state index < -0.39 is 5.60 Å². The quantitative estimate of drug-likeness (QED) is 0.404. The number of hydrogen-bond acceptors (Lipinski definition) is 5. The van der Waals surface area contributed by atoms with Crippen LogP contribution in [0.2, 0.25) is 0 Å². The van der Waals surface area contributed by atoms with Gasteiger partial charge in [-0.1, -0.05) is 18.2 Å². The van der Waals surface area contributed by atoms with Gasteiger partial charge < -0.3 is 20.5 Å². The molecule has 0 saturated heterocycles. The molecule has 3 N–H and O–H groups in total. The number of benzene rings is 2. The number of aromatic nitrogens is 1. The Bertz CT molecular complexity index is 882. The summed E-state index contributed by atoms with van der Waals surface area (Å²) in [5, 5.41) is 18.7. The van der Waals surface area contributed by atoms with Gasteiger partial charge in [0.25, 0.3) is 0 Å². The van der Waals surface area contributed by atoms with E-state index in [1.807, 2.05) is 36.4 Å². The van der Waals surface area contributed by atoms with Crippen LogP contribution in [-0.4, -0.2) is 42.4 Å². The van der Waals surface area contributed by atoms with E-state index in [1.165, 1.54) is 0 Å². The van der Waals surface area contributed by atoms with Gasteiger partial charge in [-0.3, -0.25) is 0 Å². The lowest BCUT2D eigenvalue weighted by molar-refractivity contribution is 0.0804. The number of nitrogens with one attached hydrogen (secondary N) is 2. The molecule has 0 radical (unpaired) electrons. The summed E-state index contributed by atoms with van der Waals surface area (Å²) in [6, 6.07) is 14.1. The number of nitrogens with zero attached hydrogens (tertiary/aromatic N) is 1. The third-order valence-corrected chi connectivity index (χ3v) is 4.05. The number of para-hydroxylation sites is 1. The van der Waals surface area contributed by atoms with Crippen LogP contribution in [0, 0.1) is 0 Å². The molecule has 0 aliphatic rings. The van der Waals surface area contributed by atoms with Crippen LogP contribution in [0.1, 0.15) is 13.8 Å². The number of ether oxygens (including phenoxy) is 1. The second-order valence-corrected chi connectivity index (χ2v) is 6.80. The number of methoxy groups -OCH3 is 1. The highest BCUT2D eigenvalue weighted by Crippen LogP contribution is 2.32. The van der Waals surface area contributed by atoms with Crippen LogP contribution in [0.25, 0.3) is 21.8 Å². The second kappa shape index (κ2) is 9.95. The zero-order valence-electron chi connectivity index (χ0n) is 15.8. The van der Waals surface area contributed by atoms with Gasteiger partial charge in [0.15, 0.2) is 0 Å². The summed E-state index contributed by atoms with van der Waals surface area (Å²) in [5.74, 6) is 0.813. The number of hydrogen-bond donors (Lipinski definition) is 3. The van der Waals surface area contributed by atoms with Crippen LogP contribution in [0.3, 0.4) is 0 Å². The SMILES string of the molecule is COc1ccc2nc3ccccc3c(NCCNCC(C)(C)O)c2c1.Cl.Cl. The first-order chi connectivity index (χ1) is 12.0. The Morgan fingerprint density at radius 3 is 2.41 bits per heavy atom. The molecule has 3 aromatic rings. The highest BCUT2D eigenvalue weighted by molar-refractivity contribution is 6.07. The van der Waals surface area contributed by atoms with Gasteiger partial charge in [0.05, 0.1) is 29.4 Å². The van der Waals surface area contributed by atoms with E-state index in [-0.39, 0.29) is 24.8 Å². The molecule has 2 aromatic carbocycles. The van der Waals surface area contributed by atoms with Gasteiger partial charge in [0, 0.05) is 30.4 Å². The summed E-state index contributed by atoms with van der Waals surface area (Å²) < 4.78 is 5.37. The number of rotatable bonds is 7. The van der Waals surface area contributed by atoms with E-state index in [0.717, 1.165) is 46.3 Å². The zero-order chi connectivity index (χ0) is 17.9. The van der Waals surface area contributed by atoms with Gasteiger partial charge in [0.1, 0.15) is 5.75 Å². The Hall–Kier alpha value is -1.79. The first-order valence-corrected chi connectivity index (χ1v) is 8.51. The molecule has 1 heterocycles. The fraction of sp³-hybridized carbons (Fsp3) is 0.350. The van der Waals surface area contributed by atoms with Crippen molar-refractivity contribution >= 4 is 52.3 Å². The lowest BCUT2D eigenvalue weighted by atomic mass is 10.1. The number of anilines is 1. The maximum absolute atomic E-state index is 9.77. The van der Waals surface area contributed by atoms with E-state index in [0.29, 0.717) is 6.54 Å². The van der Waals surface area contributed by atoms with Crippen LogP contribution in [0.15, 0.2) is 42.5 Å². The number of aliphatic hydroxyl groups is 1. The number of pyridine rings is 1. The van der Waals surface area contributed by atoms with Crippen LogP contribution in [0.4, 0.5) is 5.69 Å². The van der Waals surface area contributed by atoms with E-state index in [1.54, 1.807) is 21.0 Å². The first-order valence-electron chi connectivity index (χ1n) is 8.51. The van der Waals surface area contributed by atoms with Crippen molar-refractivity contribution in [1.82, 2.24) is 10.3 Å². The largest absolute Gasteiger partial charge is 0.497 e. The summed E-state index contributed by atoms with van der Waals surface area (Å²) in [7, 11) is 1.67. The van der Waals surface area contributed by atoms with E-state index in [9.17, 15) is 5.11 Å². The second-order valence-electron chi connectivity index (χ2n) is 6.80. The number of fused-ring (bicyclic) bond motifs is 2. The van der Waals surface area contributed by atoms with E-state index in [4.69, 9.17) is 9.72 Å². The molecule has 0 spiro atoms. The topological polar surface area (TPSA) is 66.4 Å². The molecular formula is C20H27Cl2N3O2. The maximum atomic E-state index is 9.77. The van der Waals surface area contributed by atoms with Gasteiger partial charge in [-0.25, -0.2) is 4.98 Å². The molecule has 3 rings (SSSR count). The van der Waals surface area contributed by atoms with Gasteiger partial charge in [-0.15, -0.1) is 24.8 Å². The fourth-order valence-corrected chi connectivity index (χ4v) is 2.86. The minimum Gasteiger partial charge on any atom is -0.497 e. The van der Waals surface area contributed by atoms with Crippen molar-refractivity contribution in [3.63, 3.8) is 0 Å². The van der Waals surface area contributed by atoms with Crippen molar-refractivity contribution in [2.75, 3.05) is 32.1 Å². The van der Waals surface area contributed by atoms with Crippen LogP contribution in [0.5, 0.6) is 5.75 Å². The van der Waals surface area contributed by atoms with Crippen molar-refractivity contribution in [2.45, 2.75) is 19.4 Å². The van der Waals surface area contributed by atoms with Crippen molar-refractivity contribution in [3.8, 4) is 5.75 Å². The normalized spacial score (nSPS) is 11.0. The van der Waals surface area contributed by atoms with Crippen molar-refractivity contribution in [3.05, 3.63) is 42.5 Å². The summed E-state index contributed by atoms with van der Waals surface area (Å²) in [4.78, 5) is 4.75. The molecule has 7 heteroatoms. The van der Waals surface area contributed by atoms with Crippen LogP contribution in [-0.2, 0) is 0 Å². The average Bonchev–Trinajstić information content (AvgIpc) is 2.59. The molecule has 0 fully saturated rings. The van der Waals surface area contributed by atoms with Gasteiger partial charge in [-0.05, 0) is 38.1 Å². The van der Waals surface area contributed by atoms with Crippen LogP contribution < -0.4 is 15.4 Å². The van der Waals surface area contributed by atoms with Gasteiger partial charge in [0.2, 0.25) is 0 Å². The Kier molecular flexibility index (Phi) is 8.57. The Morgan fingerprint density at radius 1 is 1.00 bits per heavy atom. The molecule has 148 valence electrons. The minimum atomic E-state index is -0.705. The number of halogens is 2. The molecule has 0 aliphatic heterocycles. The first kappa shape index (κ1) is 23.2. The van der Waals surface area contributed by atoms with Crippen LogP contribution >= 0.6 is 24.8 Å². The summed E-state index contributed by atoms with van der Waals surface area (Å²) in [6.45, 7) is 5.65. The third kappa shape index (κ3) is 5.84. The van der Waals surface area contributed by atoms with Crippen molar-refractivity contribution in [1.29, 1.82) is 0 Å². The summed E-state index contributed by atoms with van der Waals surface area (Å²) in [5.41, 5.74) is 2.26. The minimum absolute atomic E-state index is 0. The third-order valence-electron chi connectivity index (χ3n) is 4.05. The summed E-state index contributed by atoms with van der Waals surface area (Å²) in [6.07, 6.45) is 0. The lowest BCUT2D eigenvalue weighted by Gasteiger charge is -2.18. The highest BCUT2D eigenvalue weighted by atomic mass is 35.5. The Morgan fingerprint density at radius 2 is 1.70 bits per heavy atom. The Labute approximate surface area is 172 Å². The Balaban J connectivity index is 0.00000182. The molecule has 0 unspecified atom stereocenters. The van der Waals surface area contributed by atoms with Gasteiger partial charge in [-0.2, -0.15) is 0 Å².